The van der Waals surface area contributed by atoms with Crippen LogP contribution in [-0.4, -0.2) is 52.4 Å². The summed E-state index contributed by atoms with van der Waals surface area (Å²) in [5.41, 5.74) is 1.41. The zero-order valence-corrected chi connectivity index (χ0v) is 25.8. The molecule has 3 heterocycles. The van der Waals surface area contributed by atoms with Crippen molar-refractivity contribution in [3.8, 4) is 0 Å². The zero-order chi connectivity index (χ0) is 30.6. The number of carbonyl (C=O) groups excluding carboxylic acids is 3. The zero-order valence-electron chi connectivity index (χ0n) is 22.9. The quantitative estimate of drug-likeness (QED) is 0.102. The minimum atomic E-state index is -1.17. The van der Waals surface area contributed by atoms with Gasteiger partial charge in [-0.05, 0) is 65.1 Å². The first kappa shape index (κ1) is 29.8. The van der Waals surface area contributed by atoms with Gasteiger partial charge >= 0.3 is 17.9 Å². The molecule has 3 aromatic carbocycles. The van der Waals surface area contributed by atoms with Crippen LogP contribution in [0, 0.1) is 3.57 Å². The van der Waals surface area contributed by atoms with E-state index in [1.54, 1.807) is 114 Å². The van der Waals surface area contributed by atoms with Gasteiger partial charge in [-0.25, -0.2) is 19.4 Å². The van der Waals surface area contributed by atoms with Crippen LogP contribution in [0.4, 0.5) is 0 Å². The van der Waals surface area contributed by atoms with Gasteiger partial charge in [-0.1, -0.05) is 66.2 Å². The van der Waals surface area contributed by atoms with E-state index in [2.05, 4.69) is 27.6 Å². The molecule has 6 rings (SSSR count). The highest BCUT2D eigenvalue weighted by molar-refractivity contribution is 14.1. The monoisotopic (exact) mass is 722 g/mol. The van der Waals surface area contributed by atoms with Crippen molar-refractivity contribution in [1.29, 1.82) is 0 Å². The van der Waals surface area contributed by atoms with E-state index < -0.39 is 42.4 Å². The third-order valence-electron chi connectivity index (χ3n) is 7.07. The van der Waals surface area contributed by atoms with E-state index in [-0.39, 0.29) is 6.61 Å². The summed E-state index contributed by atoms with van der Waals surface area (Å²) in [7, 11) is 0. The molecule has 0 spiro atoms. The fraction of sp³-hybridized carbons (Fsp3) is 0.152. The van der Waals surface area contributed by atoms with Crippen LogP contribution in [0.2, 0.25) is 5.02 Å². The van der Waals surface area contributed by atoms with Crippen molar-refractivity contribution in [1.82, 2.24) is 9.55 Å². The molecule has 5 aromatic rings. The molecular weight excluding hydrogens is 699 g/mol. The number of halogens is 2. The highest BCUT2D eigenvalue weighted by Crippen LogP contribution is 2.39. The van der Waals surface area contributed by atoms with E-state index >= 15 is 0 Å². The number of fused-ring (bicyclic) bond motifs is 1. The number of esters is 3. The average Bonchev–Trinajstić information content (AvgIpc) is 3.57. The summed E-state index contributed by atoms with van der Waals surface area (Å²) in [6.45, 7) is -0.291. The van der Waals surface area contributed by atoms with Crippen molar-refractivity contribution in [3.63, 3.8) is 0 Å². The van der Waals surface area contributed by atoms with Crippen molar-refractivity contribution in [3.05, 3.63) is 135 Å². The normalized spacial score (nSPS) is 19.4. The number of nitrogens with zero attached hydrogens (tertiary/aromatic N) is 2. The molecule has 44 heavy (non-hydrogen) atoms. The summed E-state index contributed by atoms with van der Waals surface area (Å²) in [6, 6.07) is 27.0. The Hall–Kier alpha value is -4.26. The standard InChI is InChI=1S/C33H24ClIN2O7/c34-23-16-17-36-29-26(23)24(35)18-37(29)30-28(44-33(40)22-14-8-3-9-15-22)27(43-32(39)21-12-6-2-7-13-21)25(42-30)19-41-31(38)20-10-4-1-5-11-20/h1-18,25,27-28,30H,19H2/t25-,27-,28-,30-/m1/s1. The Balaban J connectivity index is 1.39. The smallest absolute Gasteiger partial charge is 0.338 e. The van der Waals surface area contributed by atoms with Crippen molar-refractivity contribution in [2.24, 2.45) is 0 Å². The van der Waals surface area contributed by atoms with Gasteiger partial charge in [-0.15, -0.1) is 0 Å². The highest BCUT2D eigenvalue weighted by Gasteiger charge is 2.51. The van der Waals surface area contributed by atoms with Crippen LogP contribution in [0.5, 0.6) is 0 Å². The highest BCUT2D eigenvalue weighted by atomic mass is 127. The summed E-state index contributed by atoms with van der Waals surface area (Å²) >= 11 is 8.65. The second kappa shape index (κ2) is 13.2. The lowest BCUT2D eigenvalue weighted by atomic mass is 10.1. The average molecular weight is 723 g/mol. The molecule has 1 aliphatic rings. The van der Waals surface area contributed by atoms with Gasteiger partial charge in [0.25, 0.3) is 0 Å². The third-order valence-corrected chi connectivity index (χ3v) is 8.20. The summed E-state index contributed by atoms with van der Waals surface area (Å²) in [4.78, 5) is 44.1. The Bertz CT molecular complexity index is 1800. The fourth-order valence-electron chi connectivity index (χ4n) is 4.97. The molecule has 0 radical (unpaired) electrons. The minimum Gasteiger partial charge on any atom is -0.459 e. The summed E-state index contributed by atoms with van der Waals surface area (Å²) in [5.74, 6) is -1.89. The van der Waals surface area contributed by atoms with E-state index in [4.69, 9.17) is 30.5 Å². The lowest BCUT2D eigenvalue weighted by Gasteiger charge is -2.25. The van der Waals surface area contributed by atoms with Gasteiger partial charge in [0, 0.05) is 16.0 Å². The maximum atomic E-state index is 13.4. The van der Waals surface area contributed by atoms with Crippen molar-refractivity contribution in [2.45, 2.75) is 24.5 Å². The third kappa shape index (κ3) is 6.19. The van der Waals surface area contributed by atoms with Crippen LogP contribution in [0.15, 0.2) is 109 Å². The number of benzene rings is 3. The Morgan fingerprint density at radius 2 is 1.30 bits per heavy atom. The molecule has 4 atom stereocenters. The van der Waals surface area contributed by atoms with Gasteiger partial charge in [-0.3, -0.25) is 0 Å². The Morgan fingerprint density at radius 3 is 1.86 bits per heavy atom. The van der Waals surface area contributed by atoms with Crippen LogP contribution in [-0.2, 0) is 18.9 Å². The summed E-state index contributed by atoms with van der Waals surface area (Å²) in [5, 5.41) is 1.16. The van der Waals surface area contributed by atoms with E-state index in [9.17, 15) is 14.4 Å². The number of rotatable bonds is 8. The lowest BCUT2D eigenvalue weighted by molar-refractivity contribution is -0.0604. The molecule has 1 aliphatic heterocycles. The molecule has 0 unspecified atom stereocenters. The Labute approximate surface area is 270 Å². The number of aromatic nitrogens is 2. The molecule has 222 valence electrons. The maximum Gasteiger partial charge on any atom is 0.338 e. The molecule has 11 heteroatoms. The number of ether oxygens (including phenoxy) is 4. The fourth-order valence-corrected chi connectivity index (χ4v) is 6.20. The number of carbonyl (C=O) groups is 3. The van der Waals surface area contributed by atoms with Crippen molar-refractivity contribution >= 4 is 63.1 Å². The predicted molar refractivity (Wildman–Crippen MR) is 169 cm³/mol. The molecular formula is C33H24ClIN2O7. The van der Waals surface area contributed by atoms with Gasteiger partial charge in [0.05, 0.1) is 27.1 Å². The minimum absolute atomic E-state index is 0.290. The van der Waals surface area contributed by atoms with E-state index in [0.29, 0.717) is 32.7 Å². The van der Waals surface area contributed by atoms with Crippen LogP contribution >= 0.6 is 34.2 Å². The van der Waals surface area contributed by atoms with Crippen LogP contribution < -0.4 is 0 Å². The first-order chi connectivity index (χ1) is 21.4. The Kier molecular flexibility index (Phi) is 8.91. The largest absolute Gasteiger partial charge is 0.459 e. The molecule has 1 fully saturated rings. The van der Waals surface area contributed by atoms with Gasteiger partial charge in [0.2, 0.25) is 0 Å². The van der Waals surface area contributed by atoms with E-state index in [1.165, 1.54) is 0 Å². The van der Waals surface area contributed by atoms with Crippen LogP contribution in [0.1, 0.15) is 37.3 Å². The number of hydrogen-bond donors (Lipinski definition) is 0. The predicted octanol–water partition coefficient (Wildman–Crippen LogP) is 6.50. The summed E-state index contributed by atoms with van der Waals surface area (Å²) in [6.07, 6.45) is -1.03. The van der Waals surface area contributed by atoms with Gasteiger partial charge in [0.15, 0.2) is 18.4 Å². The second-order valence-corrected chi connectivity index (χ2v) is 11.4. The first-order valence-electron chi connectivity index (χ1n) is 13.6. The molecule has 0 saturated carbocycles. The molecule has 1 saturated heterocycles. The molecule has 0 N–H and O–H groups in total. The van der Waals surface area contributed by atoms with E-state index in [1.807, 2.05) is 0 Å². The lowest BCUT2D eigenvalue weighted by Crippen LogP contribution is -2.41. The second-order valence-electron chi connectivity index (χ2n) is 9.88. The molecule has 0 aliphatic carbocycles. The molecule has 9 nitrogen and oxygen atoms in total. The van der Waals surface area contributed by atoms with Crippen molar-refractivity contribution < 1.29 is 33.3 Å². The number of hydrogen-bond acceptors (Lipinski definition) is 8. The SMILES string of the molecule is O=C(OC[C@H]1O[C@@H](n2cc(I)c3c(Cl)ccnc32)[C@H](OC(=O)c2ccccc2)[C@@H]1OC(=O)c1ccccc1)c1ccccc1. The Morgan fingerprint density at radius 1 is 0.773 bits per heavy atom. The molecule has 0 bridgehead atoms. The van der Waals surface area contributed by atoms with E-state index in [0.717, 1.165) is 3.57 Å². The van der Waals surface area contributed by atoms with Crippen molar-refractivity contribution in [2.75, 3.05) is 6.61 Å². The van der Waals surface area contributed by atoms with Crippen LogP contribution in [0.25, 0.3) is 11.0 Å². The van der Waals surface area contributed by atoms with Crippen LogP contribution in [0.3, 0.4) is 0 Å². The maximum absolute atomic E-state index is 13.4. The topological polar surface area (TPSA) is 106 Å². The molecule has 0 amide bonds. The first-order valence-corrected chi connectivity index (χ1v) is 15.1. The number of pyridine rings is 1. The van der Waals surface area contributed by atoms with Gasteiger partial charge < -0.3 is 23.5 Å². The summed E-state index contributed by atoms with van der Waals surface area (Å²) < 4.78 is 26.6. The van der Waals surface area contributed by atoms with Gasteiger partial charge in [-0.2, -0.15) is 0 Å². The molecule has 2 aromatic heterocycles. The van der Waals surface area contributed by atoms with Gasteiger partial charge in [0.1, 0.15) is 18.4 Å².